The van der Waals surface area contributed by atoms with Crippen LogP contribution < -0.4 is 0 Å². The van der Waals surface area contributed by atoms with Gasteiger partial charge in [-0.1, -0.05) is 36.4 Å². The second-order valence-electron chi connectivity index (χ2n) is 4.08. The van der Waals surface area contributed by atoms with Crippen LogP contribution in [0.1, 0.15) is 12.5 Å². The van der Waals surface area contributed by atoms with Crippen molar-refractivity contribution in [1.82, 2.24) is 0 Å². The Labute approximate surface area is 104 Å². The van der Waals surface area contributed by atoms with E-state index in [4.69, 9.17) is 14.2 Å². The number of esters is 1. The van der Waals surface area contributed by atoms with Gasteiger partial charge in [0, 0.05) is 6.92 Å². The fraction of sp³-hybridized carbons (Fsp3) is 0.214. The molecule has 1 aliphatic rings. The number of carbonyl (C=O) groups is 1. The lowest BCUT2D eigenvalue weighted by Gasteiger charge is -2.39. The molecule has 1 saturated heterocycles. The van der Waals surface area contributed by atoms with Crippen molar-refractivity contribution in [3.63, 3.8) is 0 Å². The zero-order valence-corrected chi connectivity index (χ0v) is 9.88. The highest BCUT2D eigenvalue weighted by atomic mass is 17.0. The Morgan fingerprint density at radius 2 is 1.89 bits per heavy atom. The van der Waals surface area contributed by atoms with Crippen molar-refractivity contribution in [3.8, 4) is 0 Å². The molecule has 18 heavy (non-hydrogen) atoms. The summed E-state index contributed by atoms with van der Waals surface area (Å²) in [5.74, 6) is -1.82. The van der Waals surface area contributed by atoms with Gasteiger partial charge < -0.3 is 4.74 Å². The first-order valence-corrected chi connectivity index (χ1v) is 5.67. The molecule has 4 heteroatoms. The minimum absolute atomic E-state index is 0.122. The van der Waals surface area contributed by atoms with Gasteiger partial charge in [0.1, 0.15) is 0 Å². The molecule has 0 aliphatic carbocycles. The highest BCUT2D eigenvalue weighted by Crippen LogP contribution is 2.39. The molecule has 92 valence electrons. The topological polar surface area (TPSA) is 44.8 Å². The summed E-state index contributed by atoms with van der Waals surface area (Å²) in [6, 6.07) is 13.5. The summed E-state index contributed by atoms with van der Waals surface area (Å²) in [6.07, 6.45) is 0. The van der Waals surface area contributed by atoms with Crippen LogP contribution in [0, 0.1) is 0 Å². The number of hydrogen-bond donors (Lipinski definition) is 0. The molecule has 4 nitrogen and oxygen atoms in total. The highest BCUT2D eigenvalue weighted by Gasteiger charge is 2.47. The molecule has 0 unspecified atom stereocenters. The summed E-state index contributed by atoms with van der Waals surface area (Å²) < 4.78 is 15.9. The molecule has 1 aliphatic heterocycles. The smallest absolute Gasteiger partial charge is 0.363 e. The van der Waals surface area contributed by atoms with E-state index in [1.165, 1.54) is 6.92 Å². The van der Waals surface area contributed by atoms with Gasteiger partial charge in [0.15, 0.2) is 6.79 Å². The first-order valence-electron chi connectivity index (χ1n) is 5.67. The van der Waals surface area contributed by atoms with Crippen LogP contribution in [0.2, 0.25) is 0 Å². The average Bonchev–Trinajstić information content (AvgIpc) is 2.33. The first kappa shape index (κ1) is 11.2. The van der Waals surface area contributed by atoms with Gasteiger partial charge in [0.05, 0.1) is 5.56 Å². The third-order valence-electron chi connectivity index (χ3n) is 2.90. The highest BCUT2D eigenvalue weighted by molar-refractivity contribution is 5.86. The van der Waals surface area contributed by atoms with Crippen LogP contribution in [-0.2, 0) is 25.0 Å². The van der Waals surface area contributed by atoms with E-state index in [1.54, 1.807) is 0 Å². The molecular formula is C14H12O4. The lowest BCUT2D eigenvalue weighted by atomic mass is 10.0. The van der Waals surface area contributed by atoms with Gasteiger partial charge in [-0.25, -0.2) is 0 Å². The van der Waals surface area contributed by atoms with E-state index in [1.807, 2.05) is 42.5 Å². The average molecular weight is 244 g/mol. The number of carbonyl (C=O) groups excluding carboxylic acids is 1. The maximum Gasteiger partial charge on any atom is 0.363 e. The van der Waals surface area contributed by atoms with Crippen LogP contribution >= 0.6 is 0 Å². The Morgan fingerprint density at radius 1 is 1.17 bits per heavy atom. The van der Waals surface area contributed by atoms with E-state index in [0.717, 1.165) is 10.8 Å². The molecule has 0 spiro atoms. The van der Waals surface area contributed by atoms with Crippen molar-refractivity contribution in [1.29, 1.82) is 0 Å². The Hall–Kier alpha value is -1.91. The lowest BCUT2D eigenvalue weighted by molar-refractivity contribution is -0.498. The van der Waals surface area contributed by atoms with E-state index in [0.29, 0.717) is 5.56 Å². The van der Waals surface area contributed by atoms with E-state index in [-0.39, 0.29) is 6.79 Å². The molecule has 0 atom stereocenters. The summed E-state index contributed by atoms with van der Waals surface area (Å²) in [5, 5.41) is 1.99. The largest absolute Gasteiger partial charge is 0.404 e. The Morgan fingerprint density at radius 3 is 2.56 bits per heavy atom. The summed E-state index contributed by atoms with van der Waals surface area (Å²) in [5.41, 5.74) is 0.710. The normalized spacial score (nSPS) is 17.2. The van der Waals surface area contributed by atoms with Gasteiger partial charge in [0.25, 0.3) is 0 Å². The van der Waals surface area contributed by atoms with Crippen LogP contribution in [0.5, 0.6) is 0 Å². The van der Waals surface area contributed by atoms with Gasteiger partial charge in [-0.05, 0) is 16.8 Å². The lowest BCUT2D eigenvalue weighted by Crippen LogP contribution is -2.47. The third-order valence-corrected chi connectivity index (χ3v) is 2.90. The molecule has 0 amide bonds. The zero-order chi connectivity index (χ0) is 12.6. The third kappa shape index (κ3) is 1.66. The molecule has 0 saturated carbocycles. The minimum atomic E-state index is -1.38. The molecule has 1 heterocycles. The van der Waals surface area contributed by atoms with Gasteiger partial charge in [-0.15, -0.1) is 0 Å². The van der Waals surface area contributed by atoms with Crippen molar-refractivity contribution < 1.29 is 19.0 Å². The van der Waals surface area contributed by atoms with Crippen LogP contribution in [0.4, 0.5) is 0 Å². The monoisotopic (exact) mass is 244 g/mol. The first-order chi connectivity index (χ1) is 8.71. The van der Waals surface area contributed by atoms with E-state index < -0.39 is 11.9 Å². The van der Waals surface area contributed by atoms with Crippen molar-refractivity contribution in [2.45, 2.75) is 12.9 Å². The summed E-state index contributed by atoms with van der Waals surface area (Å²) in [4.78, 5) is 11.2. The maximum atomic E-state index is 11.2. The van der Waals surface area contributed by atoms with Crippen molar-refractivity contribution in [3.05, 3.63) is 48.0 Å². The standard InChI is InChI=1S/C14H12O4/c1-10(15)18-14(16-9-17-14)13-8-4-6-11-5-2-3-7-12(11)13/h2-8H,9H2,1H3. The fourth-order valence-electron chi connectivity index (χ4n) is 2.12. The van der Waals surface area contributed by atoms with Crippen molar-refractivity contribution in [2.75, 3.05) is 6.79 Å². The zero-order valence-electron chi connectivity index (χ0n) is 9.88. The Kier molecular flexibility index (Phi) is 2.54. The molecule has 2 aromatic carbocycles. The predicted molar refractivity (Wildman–Crippen MR) is 64.4 cm³/mol. The van der Waals surface area contributed by atoms with E-state index >= 15 is 0 Å². The van der Waals surface area contributed by atoms with Crippen molar-refractivity contribution in [2.24, 2.45) is 0 Å². The molecule has 0 N–H and O–H groups in total. The molecule has 0 aromatic heterocycles. The molecule has 1 fully saturated rings. The van der Waals surface area contributed by atoms with E-state index in [2.05, 4.69) is 0 Å². The quantitative estimate of drug-likeness (QED) is 0.761. The number of benzene rings is 2. The number of hydrogen-bond acceptors (Lipinski definition) is 4. The molecule has 0 bridgehead atoms. The van der Waals surface area contributed by atoms with Crippen LogP contribution in [0.25, 0.3) is 10.8 Å². The maximum absolute atomic E-state index is 11.2. The fourth-order valence-corrected chi connectivity index (χ4v) is 2.12. The molecule has 0 radical (unpaired) electrons. The van der Waals surface area contributed by atoms with Gasteiger partial charge in [-0.2, -0.15) is 0 Å². The van der Waals surface area contributed by atoms with Crippen molar-refractivity contribution >= 4 is 16.7 Å². The number of fused-ring (bicyclic) bond motifs is 1. The van der Waals surface area contributed by atoms with Gasteiger partial charge >= 0.3 is 11.9 Å². The SMILES string of the molecule is CC(=O)OC1(c2cccc3ccccc23)OCO1. The molecular weight excluding hydrogens is 232 g/mol. The minimum Gasteiger partial charge on any atom is -0.404 e. The number of rotatable bonds is 2. The van der Waals surface area contributed by atoms with E-state index in [9.17, 15) is 4.79 Å². The molecule has 2 aromatic rings. The Balaban J connectivity index is 2.15. The predicted octanol–water partition coefficient (Wildman–Crippen LogP) is 2.52. The summed E-state index contributed by atoms with van der Waals surface area (Å²) in [6.45, 7) is 1.45. The second-order valence-corrected chi connectivity index (χ2v) is 4.08. The molecule has 3 rings (SSSR count). The van der Waals surface area contributed by atoms with Crippen LogP contribution in [0.15, 0.2) is 42.5 Å². The number of ether oxygens (including phenoxy) is 3. The van der Waals surface area contributed by atoms with Gasteiger partial charge in [-0.3, -0.25) is 14.3 Å². The Bertz CT molecular complexity index is 596. The second kappa shape index (κ2) is 4.08. The van der Waals surface area contributed by atoms with Gasteiger partial charge in [0.2, 0.25) is 0 Å². The van der Waals surface area contributed by atoms with Crippen LogP contribution in [-0.4, -0.2) is 12.8 Å². The van der Waals surface area contributed by atoms with Crippen LogP contribution in [0.3, 0.4) is 0 Å². The summed E-state index contributed by atoms with van der Waals surface area (Å²) >= 11 is 0. The summed E-state index contributed by atoms with van der Waals surface area (Å²) in [7, 11) is 0.